The number of ether oxygens (including phenoxy) is 1. The molecule has 0 spiro atoms. The van der Waals surface area contributed by atoms with Crippen LogP contribution in [0.2, 0.25) is 0 Å². The molecule has 4 heteroatoms. The van der Waals surface area contributed by atoms with Crippen LogP contribution in [-0.4, -0.2) is 24.5 Å². The minimum atomic E-state index is -0.544. The molecule has 1 aromatic carbocycles. The number of hydrogen-bond acceptors (Lipinski definition) is 3. The Balaban J connectivity index is 1.80. The first-order chi connectivity index (χ1) is 11.6. The Morgan fingerprint density at radius 1 is 1.33 bits per heavy atom. The number of cyclic esters (lactones) is 1. The van der Waals surface area contributed by atoms with E-state index in [0.29, 0.717) is 25.0 Å². The van der Waals surface area contributed by atoms with Crippen LogP contribution in [0.25, 0.3) is 6.08 Å². The molecule has 0 aromatic heterocycles. The maximum atomic E-state index is 12.6. The maximum absolute atomic E-state index is 12.6. The van der Waals surface area contributed by atoms with Crippen LogP contribution < -0.4 is 5.32 Å². The van der Waals surface area contributed by atoms with Gasteiger partial charge in [0.2, 0.25) is 0 Å². The van der Waals surface area contributed by atoms with Crippen LogP contribution in [0, 0.1) is 6.92 Å². The molecule has 124 valence electrons. The van der Waals surface area contributed by atoms with Gasteiger partial charge in [-0.15, -0.1) is 0 Å². The number of aryl methyl sites for hydroxylation is 1. The largest absolute Gasteiger partial charge is 0.464 e. The van der Waals surface area contributed by atoms with Gasteiger partial charge in [0.1, 0.15) is 6.04 Å². The number of nitrogens with one attached hydrogen (secondary N) is 1. The molecule has 0 saturated carbocycles. The van der Waals surface area contributed by atoms with Crippen LogP contribution in [0.15, 0.2) is 53.6 Å². The van der Waals surface area contributed by atoms with Gasteiger partial charge in [0.25, 0.3) is 5.91 Å². The number of esters is 1. The predicted molar refractivity (Wildman–Crippen MR) is 93.1 cm³/mol. The van der Waals surface area contributed by atoms with Crippen LogP contribution in [0.3, 0.4) is 0 Å². The van der Waals surface area contributed by atoms with Gasteiger partial charge < -0.3 is 10.1 Å². The van der Waals surface area contributed by atoms with Crippen LogP contribution in [0.4, 0.5) is 0 Å². The molecule has 1 amide bonds. The zero-order chi connectivity index (χ0) is 16.9. The molecular formula is C20H21NO3. The summed E-state index contributed by atoms with van der Waals surface area (Å²) in [6.07, 6.45) is 9.86. The normalized spacial score (nSPS) is 22.0. The van der Waals surface area contributed by atoms with Gasteiger partial charge in [0, 0.05) is 5.57 Å². The van der Waals surface area contributed by atoms with Crippen molar-refractivity contribution in [1.29, 1.82) is 0 Å². The minimum absolute atomic E-state index is 0.219. The third-order valence-corrected chi connectivity index (χ3v) is 4.32. The fraction of sp³-hybridized carbons (Fsp3) is 0.300. The molecule has 0 radical (unpaired) electrons. The summed E-state index contributed by atoms with van der Waals surface area (Å²) >= 11 is 0. The topological polar surface area (TPSA) is 55.4 Å². The molecule has 1 aliphatic heterocycles. The highest BCUT2D eigenvalue weighted by Crippen LogP contribution is 2.24. The molecule has 1 heterocycles. The molecule has 24 heavy (non-hydrogen) atoms. The Hall–Kier alpha value is -2.62. The second-order valence-electron chi connectivity index (χ2n) is 6.07. The lowest BCUT2D eigenvalue weighted by Gasteiger charge is -2.23. The van der Waals surface area contributed by atoms with Crippen molar-refractivity contribution in [3.63, 3.8) is 0 Å². The van der Waals surface area contributed by atoms with Crippen molar-refractivity contribution in [2.24, 2.45) is 0 Å². The van der Waals surface area contributed by atoms with Crippen molar-refractivity contribution < 1.29 is 14.3 Å². The van der Waals surface area contributed by atoms with Crippen LogP contribution in [0.1, 0.15) is 30.4 Å². The number of rotatable bonds is 3. The Labute approximate surface area is 141 Å². The molecule has 1 unspecified atom stereocenters. The predicted octanol–water partition coefficient (Wildman–Crippen LogP) is 3.09. The summed E-state index contributed by atoms with van der Waals surface area (Å²) in [7, 11) is 0. The molecular weight excluding hydrogens is 302 g/mol. The van der Waals surface area contributed by atoms with Crippen molar-refractivity contribution in [3.05, 3.63) is 64.8 Å². The fourth-order valence-electron chi connectivity index (χ4n) is 2.92. The Bertz CT molecular complexity index is 743. The second-order valence-corrected chi connectivity index (χ2v) is 6.07. The summed E-state index contributed by atoms with van der Waals surface area (Å²) in [5.74, 6) is -0.561. The van der Waals surface area contributed by atoms with Gasteiger partial charge in [-0.1, -0.05) is 42.5 Å². The van der Waals surface area contributed by atoms with Crippen molar-refractivity contribution in [2.45, 2.75) is 32.2 Å². The van der Waals surface area contributed by atoms with E-state index in [1.54, 1.807) is 6.08 Å². The van der Waals surface area contributed by atoms with Gasteiger partial charge in [-0.3, -0.25) is 4.79 Å². The third-order valence-electron chi connectivity index (χ3n) is 4.32. The number of benzene rings is 1. The van der Waals surface area contributed by atoms with Crippen molar-refractivity contribution >= 4 is 18.0 Å². The SMILES string of the molecule is Cc1ccccc1C=C1CC=CC=C1C(=O)NC1CCCOC1=O. The standard InChI is InChI=1S/C20H21NO3/c1-14-7-2-3-8-15(14)13-16-9-4-5-10-17(16)19(22)21-18-11-6-12-24-20(18)23/h2-5,7-8,10,13,18H,6,9,11-12H2,1H3,(H,21,22). The molecule has 2 aliphatic rings. The third kappa shape index (κ3) is 3.65. The average molecular weight is 323 g/mol. The van der Waals surface area contributed by atoms with E-state index < -0.39 is 6.04 Å². The summed E-state index contributed by atoms with van der Waals surface area (Å²) in [4.78, 5) is 24.4. The molecule has 1 aliphatic carbocycles. The lowest BCUT2D eigenvalue weighted by atomic mass is 9.93. The summed E-state index contributed by atoms with van der Waals surface area (Å²) < 4.78 is 5.02. The minimum Gasteiger partial charge on any atom is -0.464 e. The van der Waals surface area contributed by atoms with E-state index in [0.717, 1.165) is 23.1 Å². The van der Waals surface area contributed by atoms with Crippen molar-refractivity contribution in [1.82, 2.24) is 5.32 Å². The summed E-state index contributed by atoms with van der Waals surface area (Å²) in [6, 6.07) is 7.52. The van der Waals surface area contributed by atoms with E-state index in [-0.39, 0.29) is 11.9 Å². The number of allylic oxidation sites excluding steroid dienone is 3. The van der Waals surface area contributed by atoms with E-state index in [9.17, 15) is 9.59 Å². The lowest BCUT2D eigenvalue weighted by molar-refractivity contribution is -0.151. The quantitative estimate of drug-likeness (QED) is 0.870. The van der Waals surface area contributed by atoms with Gasteiger partial charge >= 0.3 is 5.97 Å². The first kappa shape index (κ1) is 16.2. The first-order valence-electron chi connectivity index (χ1n) is 8.26. The summed E-state index contributed by atoms with van der Waals surface area (Å²) in [6.45, 7) is 2.49. The van der Waals surface area contributed by atoms with Gasteiger partial charge in [0.15, 0.2) is 0 Å². The van der Waals surface area contributed by atoms with E-state index in [2.05, 4.69) is 5.32 Å². The molecule has 1 fully saturated rings. The van der Waals surface area contributed by atoms with Crippen LogP contribution in [-0.2, 0) is 14.3 Å². The van der Waals surface area contributed by atoms with Gasteiger partial charge in [-0.05, 0) is 49.0 Å². The fourth-order valence-corrected chi connectivity index (χ4v) is 2.92. The van der Waals surface area contributed by atoms with Gasteiger partial charge in [0.05, 0.1) is 6.61 Å². The number of carbonyl (C=O) groups is 2. The van der Waals surface area contributed by atoms with E-state index >= 15 is 0 Å². The van der Waals surface area contributed by atoms with E-state index in [1.165, 1.54) is 0 Å². The molecule has 3 rings (SSSR count). The molecule has 1 atom stereocenters. The number of carbonyl (C=O) groups excluding carboxylic acids is 2. The highest BCUT2D eigenvalue weighted by Gasteiger charge is 2.27. The summed E-state index contributed by atoms with van der Waals surface area (Å²) in [5.41, 5.74) is 3.82. The highest BCUT2D eigenvalue weighted by atomic mass is 16.5. The van der Waals surface area contributed by atoms with E-state index in [4.69, 9.17) is 4.74 Å². The molecule has 1 aromatic rings. The van der Waals surface area contributed by atoms with Gasteiger partial charge in [-0.25, -0.2) is 4.79 Å². The van der Waals surface area contributed by atoms with Gasteiger partial charge in [-0.2, -0.15) is 0 Å². The zero-order valence-corrected chi connectivity index (χ0v) is 13.7. The highest BCUT2D eigenvalue weighted by molar-refractivity contribution is 6.01. The van der Waals surface area contributed by atoms with Crippen LogP contribution in [0.5, 0.6) is 0 Å². The van der Waals surface area contributed by atoms with Crippen molar-refractivity contribution in [3.8, 4) is 0 Å². The molecule has 4 nitrogen and oxygen atoms in total. The monoisotopic (exact) mass is 323 g/mol. The first-order valence-corrected chi connectivity index (χ1v) is 8.26. The number of amides is 1. The number of hydrogen-bond donors (Lipinski definition) is 1. The second kappa shape index (κ2) is 7.30. The zero-order valence-electron chi connectivity index (χ0n) is 13.7. The van der Waals surface area contributed by atoms with Crippen LogP contribution >= 0.6 is 0 Å². The Morgan fingerprint density at radius 2 is 2.17 bits per heavy atom. The van der Waals surface area contributed by atoms with Crippen molar-refractivity contribution in [2.75, 3.05) is 6.61 Å². The molecule has 0 bridgehead atoms. The van der Waals surface area contributed by atoms with E-state index in [1.807, 2.05) is 49.4 Å². The average Bonchev–Trinajstić information content (AvgIpc) is 2.59. The Morgan fingerprint density at radius 3 is 2.96 bits per heavy atom. The molecule has 1 saturated heterocycles. The lowest BCUT2D eigenvalue weighted by Crippen LogP contribution is -2.45. The summed E-state index contributed by atoms with van der Waals surface area (Å²) in [5, 5.41) is 2.81. The Kier molecular flexibility index (Phi) is 4.94. The molecule has 1 N–H and O–H groups in total. The maximum Gasteiger partial charge on any atom is 0.328 e. The smallest absolute Gasteiger partial charge is 0.328 e.